The molecule has 2 rings (SSSR count). The summed E-state index contributed by atoms with van der Waals surface area (Å²) in [4.78, 5) is 0. The molecule has 0 aromatic carbocycles. The molecule has 2 heterocycles. The molecule has 0 aliphatic carbocycles. The monoisotopic (exact) mass is 192 g/mol. The number of aliphatic hydroxyl groups excluding tert-OH is 1. The first kappa shape index (κ1) is 9.02. The SMILES string of the molecule is CCn1ccc(-c2ccc(CO)o2)n1. The fraction of sp³-hybridized carbons (Fsp3) is 0.300. The summed E-state index contributed by atoms with van der Waals surface area (Å²) in [5.41, 5.74) is 0.798. The lowest BCUT2D eigenvalue weighted by Gasteiger charge is -1.92. The number of rotatable bonds is 3. The van der Waals surface area contributed by atoms with Crippen LogP contribution in [0.3, 0.4) is 0 Å². The van der Waals surface area contributed by atoms with Crippen molar-refractivity contribution in [2.75, 3.05) is 0 Å². The Morgan fingerprint density at radius 1 is 1.43 bits per heavy atom. The van der Waals surface area contributed by atoms with Gasteiger partial charge in [-0.15, -0.1) is 0 Å². The third kappa shape index (κ3) is 1.56. The van der Waals surface area contributed by atoms with Crippen molar-refractivity contribution in [3.8, 4) is 11.5 Å². The molecular formula is C10H12N2O2. The Bertz CT molecular complexity index is 377. The zero-order valence-electron chi connectivity index (χ0n) is 7.97. The Morgan fingerprint density at radius 3 is 2.86 bits per heavy atom. The van der Waals surface area contributed by atoms with Crippen LogP contribution in [0.25, 0.3) is 11.5 Å². The van der Waals surface area contributed by atoms with Crippen LogP contribution < -0.4 is 0 Å². The van der Waals surface area contributed by atoms with Gasteiger partial charge in [0.2, 0.25) is 0 Å². The van der Waals surface area contributed by atoms with Crippen LogP contribution >= 0.6 is 0 Å². The van der Waals surface area contributed by atoms with E-state index in [1.165, 1.54) is 0 Å². The molecular weight excluding hydrogens is 180 g/mol. The summed E-state index contributed by atoms with van der Waals surface area (Å²) in [6.07, 6.45) is 1.90. The molecule has 0 radical (unpaired) electrons. The lowest BCUT2D eigenvalue weighted by Crippen LogP contribution is -1.93. The normalized spacial score (nSPS) is 10.7. The molecule has 2 aromatic heterocycles. The summed E-state index contributed by atoms with van der Waals surface area (Å²) in [6, 6.07) is 5.46. The summed E-state index contributed by atoms with van der Waals surface area (Å²) in [5.74, 6) is 1.26. The van der Waals surface area contributed by atoms with Crippen molar-refractivity contribution in [3.63, 3.8) is 0 Å². The van der Waals surface area contributed by atoms with Crippen LogP contribution in [-0.2, 0) is 13.2 Å². The molecule has 0 saturated carbocycles. The minimum atomic E-state index is -0.0749. The van der Waals surface area contributed by atoms with E-state index in [0.717, 1.165) is 12.2 Å². The van der Waals surface area contributed by atoms with Gasteiger partial charge in [-0.1, -0.05) is 0 Å². The van der Waals surface area contributed by atoms with Crippen LogP contribution in [0.5, 0.6) is 0 Å². The highest BCUT2D eigenvalue weighted by Crippen LogP contribution is 2.19. The Morgan fingerprint density at radius 2 is 2.29 bits per heavy atom. The second-order valence-corrected chi connectivity index (χ2v) is 2.98. The minimum absolute atomic E-state index is 0.0749. The average Bonchev–Trinajstić information content (AvgIpc) is 2.86. The molecule has 4 heteroatoms. The molecule has 0 atom stereocenters. The lowest BCUT2D eigenvalue weighted by atomic mass is 10.3. The van der Waals surface area contributed by atoms with Gasteiger partial charge in [-0.2, -0.15) is 5.10 Å². The zero-order valence-corrected chi connectivity index (χ0v) is 7.97. The molecule has 74 valence electrons. The fourth-order valence-corrected chi connectivity index (χ4v) is 1.27. The molecule has 0 fully saturated rings. The van der Waals surface area contributed by atoms with E-state index in [1.54, 1.807) is 6.07 Å². The first-order chi connectivity index (χ1) is 6.83. The standard InChI is InChI=1S/C10H12N2O2/c1-2-12-6-5-9(11-12)10-4-3-8(7-13)14-10/h3-6,13H,2,7H2,1H3. The second-order valence-electron chi connectivity index (χ2n) is 2.98. The average molecular weight is 192 g/mol. The van der Waals surface area contributed by atoms with Crippen molar-refractivity contribution < 1.29 is 9.52 Å². The summed E-state index contributed by atoms with van der Waals surface area (Å²) in [7, 11) is 0. The third-order valence-corrected chi connectivity index (χ3v) is 2.03. The van der Waals surface area contributed by atoms with Gasteiger partial charge in [0.1, 0.15) is 18.1 Å². The molecule has 14 heavy (non-hydrogen) atoms. The lowest BCUT2D eigenvalue weighted by molar-refractivity contribution is 0.248. The Hall–Kier alpha value is -1.55. The number of aliphatic hydroxyl groups is 1. The molecule has 1 N–H and O–H groups in total. The predicted octanol–water partition coefficient (Wildman–Crippen LogP) is 1.66. The van der Waals surface area contributed by atoms with E-state index in [0.29, 0.717) is 11.5 Å². The molecule has 0 saturated heterocycles. The molecule has 2 aromatic rings. The maximum Gasteiger partial charge on any atom is 0.154 e. The highest BCUT2D eigenvalue weighted by atomic mass is 16.4. The van der Waals surface area contributed by atoms with Crippen LogP contribution in [-0.4, -0.2) is 14.9 Å². The molecule has 0 amide bonds. The van der Waals surface area contributed by atoms with Crippen LogP contribution in [0.1, 0.15) is 12.7 Å². The molecule has 0 aliphatic heterocycles. The Balaban J connectivity index is 2.29. The van der Waals surface area contributed by atoms with Crippen LogP contribution in [0, 0.1) is 0 Å². The Kier molecular flexibility index (Phi) is 2.37. The van der Waals surface area contributed by atoms with E-state index >= 15 is 0 Å². The smallest absolute Gasteiger partial charge is 0.154 e. The minimum Gasteiger partial charge on any atom is -0.457 e. The topological polar surface area (TPSA) is 51.2 Å². The van der Waals surface area contributed by atoms with E-state index in [2.05, 4.69) is 5.10 Å². The van der Waals surface area contributed by atoms with E-state index in [9.17, 15) is 0 Å². The van der Waals surface area contributed by atoms with Crippen molar-refractivity contribution in [1.29, 1.82) is 0 Å². The van der Waals surface area contributed by atoms with E-state index in [-0.39, 0.29) is 6.61 Å². The summed E-state index contributed by atoms with van der Waals surface area (Å²) < 4.78 is 7.18. The van der Waals surface area contributed by atoms with Crippen molar-refractivity contribution in [1.82, 2.24) is 9.78 Å². The Labute approximate surface area is 81.8 Å². The van der Waals surface area contributed by atoms with Gasteiger partial charge < -0.3 is 9.52 Å². The molecule has 0 spiro atoms. The largest absolute Gasteiger partial charge is 0.457 e. The predicted molar refractivity (Wildman–Crippen MR) is 51.5 cm³/mol. The van der Waals surface area contributed by atoms with Crippen LogP contribution in [0.15, 0.2) is 28.8 Å². The highest BCUT2D eigenvalue weighted by molar-refractivity contribution is 5.51. The van der Waals surface area contributed by atoms with Gasteiger partial charge in [-0.25, -0.2) is 0 Å². The van der Waals surface area contributed by atoms with Crippen molar-refractivity contribution >= 4 is 0 Å². The summed E-state index contributed by atoms with van der Waals surface area (Å²) in [5, 5.41) is 13.1. The maximum atomic E-state index is 8.83. The van der Waals surface area contributed by atoms with E-state index < -0.39 is 0 Å². The first-order valence-corrected chi connectivity index (χ1v) is 4.57. The molecule has 0 bridgehead atoms. The molecule has 0 unspecified atom stereocenters. The van der Waals surface area contributed by atoms with Crippen LogP contribution in [0.2, 0.25) is 0 Å². The number of furan rings is 1. The van der Waals surface area contributed by atoms with E-state index in [1.807, 2.05) is 29.9 Å². The summed E-state index contributed by atoms with van der Waals surface area (Å²) in [6.45, 7) is 2.79. The number of nitrogens with zero attached hydrogens (tertiary/aromatic N) is 2. The molecule has 4 nitrogen and oxygen atoms in total. The quantitative estimate of drug-likeness (QED) is 0.804. The van der Waals surface area contributed by atoms with Crippen LogP contribution in [0.4, 0.5) is 0 Å². The van der Waals surface area contributed by atoms with Gasteiger partial charge in [-0.05, 0) is 25.1 Å². The second kappa shape index (κ2) is 3.67. The number of hydrogen-bond acceptors (Lipinski definition) is 3. The van der Waals surface area contributed by atoms with Gasteiger partial charge in [0.15, 0.2) is 5.76 Å². The fourth-order valence-electron chi connectivity index (χ4n) is 1.27. The van der Waals surface area contributed by atoms with Gasteiger partial charge in [0, 0.05) is 12.7 Å². The first-order valence-electron chi connectivity index (χ1n) is 4.57. The third-order valence-electron chi connectivity index (χ3n) is 2.03. The maximum absolute atomic E-state index is 8.83. The van der Waals surface area contributed by atoms with Crippen molar-refractivity contribution in [2.45, 2.75) is 20.1 Å². The highest BCUT2D eigenvalue weighted by Gasteiger charge is 2.06. The van der Waals surface area contributed by atoms with Gasteiger partial charge in [0.25, 0.3) is 0 Å². The van der Waals surface area contributed by atoms with Gasteiger partial charge >= 0.3 is 0 Å². The van der Waals surface area contributed by atoms with Crippen molar-refractivity contribution in [3.05, 3.63) is 30.2 Å². The van der Waals surface area contributed by atoms with Gasteiger partial charge in [-0.3, -0.25) is 4.68 Å². The van der Waals surface area contributed by atoms with Crippen molar-refractivity contribution in [2.24, 2.45) is 0 Å². The number of aryl methyl sites for hydroxylation is 1. The summed E-state index contributed by atoms with van der Waals surface area (Å²) >= 11 is 0. The zero-order chi connectivity index (χ0) is 9.97. The van der Waals surface area contributed by atoms with Gasteiger partial charge in [0.05, 0.1) is 0 Å². The van der Waals surface area contributed by atoms with E-state index in [4.69, 9.17) is 9.52 Å². The molecule has 0 aliphatic rings. The number of aromatic nitrogens is 2. The number of hydrogen-bond donors (Lipinski definition) is 1.